The molecule has 0 amide bonds. The van der Waals surface area contributed by atoms with E-state index in [0.717, 1.165) is 29.9 Å². The first-order valence-electron chi connectivity index (χ1n) is 7.17. The molecule has 2 rings (SSSR count). The Bertz CT molecular complexity index is 601. The zero-order valence-corrected chi connectivity index (χ0v) is 12.6. The number of ether oxygens (including phenoxy) is 2. The molecule has 2 nitrogen and oxygen atoms in total. The lowest BCUT2D eigenvalue weighted by Gasteiger charge is -2.05. The molecule has 21 heavy (non-hydrogen) atoms. The van der Waals surface area contributed by atoms with Crippen LogP contribution >= 0.6 is 0 Å². The lowest BCUT2D eigenvalue weighted by atomic mass is 10.1. The highest BCUT2D eigenvalue weighted by molar-refractivity contribution is 5.44. The summed E-state index contributed by atoms with van der Waals surface area (Å²) >= 11 is 0. The van der Waals surface area contributed by atoms with E-state index in [1.165, 1.54) is 5.56 Å². The average Bonchev–Trinajstić information content (AvgIpc) is 2.52. The molecule has 0 aromatic heterocycles. The summed E-state index contributed by atoms with van der Waals surface area (Å²) in [6, 6.07) is 15.9. The molecule has 0 radical (unpaired) electrons. The van der Waals surface area contributed by atoms with Crippen molar-refractivity contribution in [2.45, 2.75) is 20.3 Å². The predicted molar refractivity (Wildman–Crippen MR) is 85.3 cm³/mol. The Morgan fingerprint density at radius 3 is 2.00 bits per heavy atom. The van der Waals surface area contributed by atoms with E-state index in [9.17, 15) is 0 Å². The average molecular weight is 280 g/mol. The minimum Gasteiger partial charge on any atom is -0.468 e. The molecule has 0 heterocycles. The topological polar surface area (TPSA) is 18.5 Å². The van der Waals surface area contributed by atoms with Crippen LogP contribution in [-0.2, 0) is 4.74 Å². The fourth-order valence-corrected chi connectivity index (χ4v) is 1.73. The Balaban J connectivity index is 1.92. The van der Waals surface area contributed by atoms with Crippen LogP contribution in [0.15, 0.2) is 48.5 Å². The van der Waals surface area contributed by atoms with E-state index in [1.54, 1.807) is 0 Å². The first-order valence-corrected chi connectivity index (χ1v) is 7.17. The van der Waals surface area contributed by atoms with Crippen molar-refractivity contribution in [3.63, 3.8) is 0 Å². The SMILES string of the molecule is CCCOCOc1ccc(C#Cc2ccc(C)cc2)cc1. The van der Waals surface area contributed by atoms with Crippen LogP contribution in [0.25, 0.3) is 0 Å². The Hall–Kier alpha value is -2.24. The minimum absolute atomic E-state index is 0.294. The Kier molecular flexibility index (Phi) is 5.87. The normalized spacial score (nSPS) is 9.81. The van der Waals surface area contributed by atoms with Crippen molar-refractivity contribution in [3.05, 3.63) is 65.2 Å². The molecule has 0 atom stereocenters. The lowest BCUT2D eigenvalue weighted by Crippen LogP contribution is -2.03. The van der Waals surface area contributed by atoms with E-state index in [-0.39, 0.29) is 0 Å². The maximum atomic E-state index is 5.47. The molecule has 0 unspecified atom stereocenters. The van der Waals surface area contributed by atoms with Gasteiger partial charge in [0.05, 0.1) is 6.61 Å². The van der Waals surface area contributed by atoms with E-state index in [1.807, 2.05) is 36.4 Å². The van der Waals surface area contributed by atoms with Gasteiger partial charge in [0.2, 0.25) is 0 Å². The smallest absolute Gasteiger partial charge is 0.189 e. The van der Waals surface area contributed by atoms with Gasteiger partial charge in [-0.1, -0.05) is 36.5 Å². The highest BCUT2D eigenvalue weighted by atomic mass is 16.7. The van der Waals surface area contributed by atoms with Gasteiger partial charge in [-0.05, 0) is 49.7 Å². The van der Waals surface area contributed by atoms with Crippen LogP contribution in [0.5, 0.6) is 5.75 Å². The third kappa shape index (κ3) is 5.33. The fourth-order valence-electron chi connectivity index (χ4n) is 1.73. The zero-order chi connectivity index (χ0) is 14.9. The van der Waals surface area contributed by atoms with Gasteiger partial charge >= 0.3 is 0 Å². The quantitative estimate of drug-likeness (QED) is 0.465. The third-order valence-corrected chi connectivity index (χ3v) is 2.91. The lowest BCUT2D eigenvalue weighted by molar-refractivity contribution is 0.0157. The number of hydrogen-bond donors (Lipinski definition) is 0. The largest absolute Gasteiger partial charge is 0.468 e. The summed E-state index contributed by atoms with van der Waals surface area (Å²) in [5.41, 5.74) is 3.23. The van der Waals surface area contributed by atoms with Gasteiger partial charge in [0.15, 0.2) is 6.79 Å². The fraction of sp³-hybridized carbons (Fsp3) is 0.263. The van der Waals surface area contributed by atoms with Gasteiger partial charge in [0.1, 0.15) is 5.75 Å². The van der Waals surface area contributed by atoms with Gasteiger partial charge in [-0.15, -0.1) is 0 Å². The zero-order valence-electron chi connectivity index (χ0n) is 12.6. The van der Waals surface area contributed by atoms with E-state index in [0.29, 0.717) is 6.79 Å². The van der Waals surface area contributed by atoms with E-state index < -0.39 is 0 Å². The molecule has 0 aliphatic rings. The van der Waals surface area contributed by atoms with Crippen LogP contribution in [0.4, 0.5) is 0 Å². The van der Waals surface area contributed by atoms with Crippen molar-refractivity contribution in [3.8, 4) is 17.6 Å². The molecule has 0 spiro atoms. The monoisotopic (exact) mass is 280 g/mol. The molecule has 2 heteroatoms. The summed E-state index contributed by atoms with van der Waals surface area (Å²) < 4.78 is 10.8. The molecule has 0 fully saturated rings. The first kappa shape index (κ1) is 15.2. The van der Waals surface area contributed by atoms with Crippen molar-refractivity contribution >= 4 is 0 Å². The molecule has 0 N–H and O–H groups in total. The van der Waals surface area contributed by atoms with Gasteiger partial charge < -0.3 is 9.47 Å². The van der Waals surface area contributed by atoms with Gasteiger partial charge in [0.25, 0.3) is 0 Å². The standard InChI is InChI=1S/C19H20O2/c1-3-14-20-15-21-19-12-10-18(11-13-19)9-8-17-6-4-16(2)5-7-17/h4-7,10-13H,3,14-15H2,1-2H3. The van der Waals surface area contributed by atoms with Gasteiger partial charge in [-0.2, -0.15) is 0 Å². The van der Waals surface area contributed by atoms with Crippen molar-refractivity contribution < 1.29 is 9.47 Å². The summed E-state index contributed by atoms with van der Waals surface area (Å²) in [4.78, 5) is 0. The van der Waals surface area contributed by atoms with Crippen LogP contribution in [0.3, 0.4) is 0 Å². The van der Waals surface area contributed by atoms with Crippen LogP contribution in [0, 0.1) is 18.8 Å². The summed E-state index contributed by atoms with van der Waals surface area (Å²) in [5.74, 6) is 7.10. The second kappa shape index (κ2) is 8.14. The summed E-state index contributed by atoms with van der Waals surface area (Å²) in [6.45, 7) is 5.16. The Morgan fingerprint density at radius 2 is 1.43 bits per heavy atom. The number of rotatable bonds is 5. The molecular formula is C19H20O2. The third-order valence-electron chi connectivity index (χ3n) is 2.91. The Morgan fingerprint density at radius 1 is 0.857 bits per heavy atom. The number of hydrogen-bond acceptors (Lipinski definition) is 2. The van der Waals surface area contributed by atoms with E-state index >= 15 is 0 Å². The van der Waals surface area contributed by atoms with Gasteiger partial charge in [0, 0.05) is 11.1 Å². The highest BCUT2D eigenvalue weighted by Crippen LogP contribution is 2.11. The summed E-state index contributed by atoms with van der Waals surface area (Å²) in [7, 11) is 0. The van der Waals surface area contributed by atoms with Crippen LogP contribution < -0.4 is 4.74 Å². The first-order chi connectivity index (χ1) is 10.3. The maximum Gasteiger partial charge on any atom is 0.189 e. The van der Waals surface area contributed by atoms with Crippen LogP contribution in [0.1, 0.15) is 30.0 Å². The summed E-state index contributed by atoms with van der Waals surface area (Å²) in [5, 5.41) is 0. The molecule has 0 saturated carbocycles. The predicted octanol–water partition coefficient (Wildman–Crippen LogP) is 4.16. The van der Waals surface area contributed by atoms with E-state index in [4.69, 9.17) is 9.47 Å². The Labute approximate surface area is 126 Å². The summed E-state index contributed by atoms with van der Waals surface area (Å²) in [6.07, 6.45) is 0.997. The van der Waals surface area contributed by atoms with Crippen molar-refractivity contribution in [2.75, 3.05) is 13.4 Å². The van der Waals surface area contributed by atoms with Crippen molar-refractivity contribution in [1.82, 2.24) is 0 Å². The van der Waals surface area contributed by atoms with Crippen LogP contribution in [-0.4, -0.2) is 13.4 Å². The molecule has 0 bridgehead atoms. The highest BCUT2D eigenvalue weighted by Gasteiger charge is 1.94. The van der Waals surface area contributed by atoms with Crippen molar-refractivity contribution in [2.24, 2.45) is 0 Å². The van der Waals surface area contributed by atoms with Gasteiger partial charge in [-0.3, -0.25) is 0 Å². The molecule has 0 aliphatic heterocycles. The minimum atomic E-state index is 0.294. The van der Waals surface area contributed by atoms with Crippen LogP contribution in [0.2, 0.25) is 0 Å². The molecule has 108 valence electrons. The van der Waals surface area contributed by atoms with E-state index in [2.05, 4.69) is 37.8 Å². The number of aryl methyl sites for hydroxylation is 1. The maximum absolute atomic E-state index is 5.47. The molecule has 2 aromatic carbocycles. The second-order valence-electron chi connectivity index (χ2n) is 4.81. The molecule has 2 aromatic rings. The molecule has 0 saturated heterocycles. The molecule has 0 aliphatic carbocycles. The second-order valence-corrected chi connectivity index (χ2v) is 4.81. The number of benzene rings is 2. The molecular weight excluding hydrogens is 260 g/mol. The van der Waals surface area contributed by atoms with Crippen molar-refractivity contribution in [1.29, 1.82) is 0 Å². The van der Waals surface area contributed by atoms with Gasteiger partial charge in [-0.25, -0.2) is 0 Å².